The van der Waals surface area contributed by atoms with Crippen LogP contribution < -0.4 is 4.74 Å². The van der Waals surface area contributed by atoms with Gasteiger partial charge in [-0.3, -0.25) is 0 Å². The lowest BCUT2D eigenvalue weighted by Gasteiger charge is -2.26. The Morgan fingerprint density at radius 3 is 2.64 bits per heavy atom. The molecule has 2 aromatic heterocycles. The largest absolute Gasteiger partial charge is 0.439 e. The van der Waals surface area contributed by atoms with Gasteiger partial charge in [0.2, 0.25) is 15.9 Å². The molecule has 0 amide bonds. The number of nitrogens with zero attached hydrogens (tertiary/aromatic N) is 5. The van der Waals surface area contributed by atoms with E-state index < -0.39 is 10.0 Å². The van der Waals surface area contributed by atoms with Gasteiger partial charge >= 0.3 is 0 Å². The monoisotopic (exact) mass is 403 g/mol. The van der Waals surface area contributed by atoms with E-state index in [1.807, 2.05) is 6.07 Å². The van der Waals surface area contributed by atoms with Gasteiger partial charge in [0.1, 0.15) is 12.1 Å². The average molecular weight is 403 g/mol. The van der Waals surface area contributed by atoms with E-state index in [0.29, 0.717) is 43.7 Å². The summed E-state index contributed by atoms with van der Waals surface area (Å²) in [5, 5.41) is 4.14. The normalized spacial score (nSPS) is 15.8. The zero-order chi connectivity index (χ0) is 19.6. The SMILES string of the molecule is CCCc1cc(Oc2ccc(S(=O)(=O)N3CCOCC3)cc2)n2ncnc2n1. The van der Waals surface area contributed by atoms with Crippen molar-refractivity contribution < 1.29 is 17.9 Å². The lowest BCUT2D eigenvalue weighted by molar-refractivity contribution is 0.0730. The summed E-state index contributed by atoms with van der Waals surface area (Å²) in [5.41, 5.74) is 0.865. The van der Waals surface area contributed by atoms with E-state index in [0.717, 1.165) is 18.5 Å². The summed E-state index contributed by atoms with van der Waals surface area (Å²) in [7, 11) is -3.53. The fourth-order valence-corrected chi connectivity index (χ4v) is 4.43. The van der Waals surface area contributed by atoms with Crippen molar-refractivity contribution >= 4 is 15.8 Å². The minimum Gasteiger partial charge on any atom is -0.439 e. The molecule has 28 heavy (non-hydrogen) atoms. The molecule has 0 saturated carbocycles. The predicted octanol–water partition coefficient (Wildman–Crippen LogP) is 1.89. The first kappa shape index (κ1) is 18.8. The lowest BCUT2D eigenvalue weighted by Crippen LogP contribution is -2.40. The highest BCUT2D eigenvalue weighted by Gasteiger charge is 2.26. The quantitative estimate of drug-likeness (QED) is 0.620. The minimum absolute atomic E-state index is 0.231. The van der Waals surface area contributed by atoms with Gasteiger partial charge in [-0.05, 0) is 30.7 Å². The van der Waals surface area contributed by atoms with Gasteiger partial charge in [-0.25, -0.2) is 13.4 Å². The highest BCUT2D eigenvalue weighted by molar-refractivity contribution is 7.89. The number of ether oxygens (including phenoxy) is 2. The molecular formula is C18H21N5O4S. The van der Waals surface area contributed by atoms with Crippen LogP contribution in [0, 0.1) is 0 Å². The van der Waals surface area contributed by atoms with Crippen LogP contribution in [-0.2, 0) is 21.2 Å². The van der Waals surface area contributed by atoms with E-state index in [1.54, 1.807) is 24.3 Å². The molecule has 0 unspecified atom stereocenters. The standard InChI is InChI=1S/C18H21N5O4S/c1-2-3-14-12-17(23-18(21-14)19-13-20-23)27-15-4-6-16(7-5-15)28(24,25)22-8-10-26-11-9-22/h4-7,12-13H,2-3,8-11H2,1H3. The fourth-order valence-electron chi connectivity index (χ4n) is 3.02. The zero-order valence-corrected chi connectivity index (χ0v) is 16.3. The Balaban J connectivity index is 1.58. The maximum atomic E-state index is 12.7. The molecule has 0 radical (unpaired) electrons. The number of hydrogen-bond donors (Lipinski definition) is 0. The second kappa shape index (κ2) is 7.82. The molecule has 1 aromatic carbocycles. The molecule has 1 aliphatic rings. The summed E-state index contributed by atoms with van der Waals surface area (Å²) in [6.07, 6.45) is 3.17. The van der Waals surface area contributed by atoms with Crippen molar-refractivity contribution in [2.45, 2.75) is 24.7 Å². The highest BCUT2D eigenvalue weighted by Crippen LogP contribution is 2.25. The van der Waals surface area contributed by atoms with E-state index in [2.05, 4.69) is 22.0 Å². The van der Waals surface area contributed by atoms with Crippen molar-refractivity contribution in [3.05, 3.63) is 42.4 Å². The van der Waals surface area contributed by atoms with Crippen molar-refractivity contribution in [3.63, 3.8) is 0 Å². The van der Waals surface area contributed by atoms with Gasteiger partial charge < -0.3 is 9.47 Å². The summed E-state index contributed by atoms with van der Waals surface area (Å²) < 4.78 is 39.5. The molecule has 4 rings (SSSR count). The molecule has 0 aliphatic carbocycles. The summed E-state index contributed by atoms with van der Waals surface area (Å²) in [4.78, 5) is 8.80. The van der Waals surface area contributed by atoms with Crippen LogP contribution in [0.25, 0.3) is 5.78 Å². The third kappa shape index (κ3) is 3.71. The molecule has 148 valence electrons. The van der Waals surface area contributed by atoms with Gasteiger partial charge in [0.25, 0.3) is 5.78 Å². The first-order valence-corrected chi connectivity index (χ1v) is 10.6. The van der Waals surface area contributed by atoms with Gasteiger partial charge in [-0.1, -0.05) is 13.3 Å². The second-order valence-corrected chi connectivity index (χ2v) is 8.34. The van der Waals surface area contributed by atoms with Gasteiger partial charge in [0, 0.05) is 24.8 Å². The molecular weight excluding hydrogens is 382 g/mol. The Morgan fingerprint density at radius 1 is 1.18 bits per heavy atom. The van der Waals surface area contributed by atoms with E-state index >= 15 is 0 Å². The molecule has 3 aromatic rings. The van der Waals surface area contributed by atoms with Crippen LogP contribution in [0.15, 0.2) is 41.6 Å². The first-order valence-electron chi connectivity index (χ1n) is 9.13. The summed E-state index contributed by atoms with van der Waals surface area (Å²) in [6, 6.07) is 8.19. The van der Waals surface area contributed by atoms with Crippen molar-refractivity contribution in [1.82, 2.24) is 23.9 Å². The summed E-state index contributed by atoms with van der Waals surface area (Å²) in [6.45, 7) is 3.63. The highest BCUT2D eigenvalue weighted by atomic mass is 32.2. The molecule has 9 nitrogen and oxygen atoms in total. The lowest BCUT2D eigenvalue weighted by atomic mass is 10.2. The number of morpholine rings is 1. The number of hydrogen-bond acceptors (Lipinski definition) is 7. The predicted molar refractivity (Wildman–Crippen MR) is 101 cm³/mol. The third-order valence-electron chi connectivity index (χ3n) is 4.43. The Bertz CT molecular complexity index is 1060. The number of fused-ring (bicyclic) bond motifs is 1. The van der Waals surface area contributed by atoms with Crippen LogP contribution in [0.2, 0.25) is 0 Å². The van der Waals surface area contributed by atoms with Gasteiger partial charge in [-0.2, -0.15) is 18.9 Å². The van der Waals surface area contributed by atoms with Gasteiger partial charge in [0.05, 0.1) is 18.1 Å². The maximum Gasteiger partial charge on any atom is 0.255 e. The fraction of sp³-hybridized carbons (Fsp3) is 0.389. The third-order valence-corrected chi connectivity index (χ3v) is 6.35. The van der Waals surface area contributed by atoms with E-state index in [1.165, 1.54) is 15.1 Å². The smallest absolute Gasteiger partial charge is 0.255 e. The number of aryl methyl sites for hydroxylation is 1. The maximum absolute atomic E-state index is 12.7. The van der Waals surface area contributed by atoms with Crippen molar-refractivity contribution in [2.24, 2.45) is 0 Å². The molecule has 1 aliphatic heterocycles. The van der Waals surface area contributed by atoms with Crippen LogP contribution in [-0.4, -0.2) is 58.6 Å². The van der Waals surface area contributed by atoms with Crippen LogP contribution in [0.4, 0.5) is 0 Å². The molecule has 0 N–H and O–H groups in total. The Morgan fingerprint density at radius 2 is 1.93 bits per heavy atom. The molecule has 10 heteroatoms. The van der Waals surface area contributed by atoms with E-state index in [-0.39, 0.29) is 4.90 Å². The number of rotatable bonds is 6. The molecule has 0 atom stereocenters. The van der Waals surface area contributed by atoms with Crippen LogP contribution in [0.5, 0.6) is 11.6 Å². The van der Waals surface area contributed by atoms with Gasteiger partial charge in [-0.15, -0.1) is 0 Å². The second-order valence-electron chi connectivity index (χ2n) is 6.40. The number of aromatic nitrogens is 4. The molecule has 1 fully saturated rings. The average Bonchev–Trinajstić information content (AvgIpc) is 3.18. The Kier molecular flexibility index (Phi) is 5.25. The van der Waals surface area contributed by atoms with E-state index in [4.69, 9.17) is 9.47 Å². The van der Waals surface area contributed by atoms with Crippen molar-refractivity contribution in [2.75, 3.05) is 26.3 Å². The molecule has 0 spiro atoms. The van der Waals surface area contributed by atoms with E-state index in [9.17, 15) is 8.42 Å². The van der Waals surface area contributed by atoms with Crippen LogP contribution in [0.3, 0.4) is 0 Å². The number of sulfonamides is 1. The first-order chi connectivity index (χ1) is 13.6. The Labute approximate surface area is 163 Å². The van der Waals surface area contributed by atoms with Crippen LogP contribution in [0.1, 0.15) is 19.0 Å². The molecule has 3 heterocycles. The summed E-state index contributed by atoms with van der Waals surface area (Å²) in [5.74, 6) is 1.45. The van der Waals surface area contributed by atoms with Crippen molar-refractivity contribution in [1.29, 1.82) is 0 Å². The minimum atomic E-state index is -3.53. The molecule has 1 saturated heterocycles. The van der Waals surface area contributed by atoms with Crippen LogP contribution >= 0.6 is 0 Å². The van der Waals surface area contributed by atoms with Gasteiger partial charge in [0.15, 0.2) is 0 Å². The number of benzene rings is 1. The zero-order valence-electron chi connectivity index (χ0n) is 15.5. The topological polar surface area (TPSA) is 98.9 Å². The Hall–Kier alpha value is -2.56. The van der Waals surface area contributed by atoms with Crippen molar-refractivity contribution in [3.8, 4) is 11.6 Å². The molecule has 0 bridgehead atoms. The summed E-state index contributed by atoms with van der Waals surface area (Å²) >= 11 is 0.